The van der Waals surface area contributed by atoms with Gasteiger partial charge >= 0.3 is 0 Å². The van der Waals surface area contributed by atoms with E-state index in [2.05, 4.69) is 10.3 Å². The lowest BCUT2D eigenvalue weighted by Gasteiger charge is -2.20. The third kappa shape index (κ3) is 4.75. The van der Waals surface area contributed by atoms with Gasteiger partial charge in [0.2, 0.25) is 0 Å². The molecule has 1 aliphatic rings. The van der Waals surface area contributed by atoms with Crippen LogP contribution in [-0.4, -0.2) is 35.0 Å². The lowest BCUT2D eigenvalue weighted by molar-refractivity contribution is 0.0761. The molecule has 1 aromatic carbocycles. The smallest absolute Gasteiger partial charge is 0.255 e. The average molecular weight is 353 g/mol. The van der Waals surface area contributed by atoms with Crippen molar-refractivity contribution in [3.8, 4) is 5.75 Å². The van der Waals surface area contributed by atoms with E-state index in [1.807, 2.05) is 49.1 Å². The number of aromatic nitrogens is 1. The van der Waals surface area contributed by atoms with Crippen molar-refractivity contribution in [3.63, 3.8) is 0 Å². The first-order valence-corrected chi connectivity index (χ1v) is 9.40. The summed E-state index contributed by atoms with van der Waals surface area (Å²) in [5.74, 6) is 0.849. The minimum atomic E-state index is 0.0646. The number of amides is 1. The Balaban J connectivity index is 1.76. The average Bonchev–Trinajstić information content (AvgIpc) is 2.92. The predicted molar refractivity (Wildman–Crippen MR) is 104 cm³/mol. The number of rotatable bonds is 5. The molecular weight excluding hydrogens is 326 g/mol. The summed E-state index contributed by atoms with van der Waals surface area (Å²) < 4.78 is 5.85. The maximum absolute atomic E-state index is 12.8. The molecular formula is C21H27N3O2. The van der Waals surface area contributed by atoms with Crippen molar-refractivity contribution in [1.82, 2.24) is 9.88 Å². The number of para-hydroxylation sites is 2. The van der Waals surface area contributed by atoms with Crippen LogP contribution in [0.25, 0.3) is 0 Å². The highest BCUT2D eigenvalue weighted by Crippen LogP contribution is 2.28. The van der Waals surface area contributed by atoms with Crippen LogP contribution < -0.4 is 10.1 Å². The van der Waals surface area contributed by atoms with Crippen molar-refractivity contribution >= 4 is 17.3 Å². The SMILES string of the molecule is CC(C)Oc1ccccc1Nc1cncc(C(=O)N2CCCCCC2)c1. The highest BCUT2D eigenvalue weighted by molar-refractivity contribution is 5.95. The number of pyridine rings is 1. The van der Waals surface area contributed by atoms with Crippen molar-refractivity contribution < 1.29 is 9.53 Å². The summed E-state index contributed by atoms with van der Waals surface area (Å²) in [6.07, 6.45) is 8.04. The van der Waals surface area contributed by atoms with Gasteiger partial charge in [-0.25, -0.2) is 0 Å². The van der Waals surface area contributed by atoms with Crippen LogP contribution >= 0.6 is 0 Å². The number of carbonyl (C=O) groups is 1. The molecule has 0 unspecified atom stereocenters. The molecule has 0 spiro atoms. The molecule has 26 heavy (non-hydrogen) atoms. The van der Waals surface area contributed by atoms with E-state index in [9.17, 15) is 4.79 Å². The molecule has 0 aliphatic carbocycles. The molecule has 2 heterocycles. The Morgan fingerprint density at radius 1 is 1.12 bits per heavy atom. The number of nitrogens with zero attached hydrogens (tertiary/aromatic N) is 2. The Morgan fingerprint density at radius 2 is 1.85 bits per heavy atom. The van der Waals surface area contributed by atoms with E-state index in [0.29, 0.717) is 5.56 Å². The number of ether oxygens (including phenoxy) is 1. The van der Waals surface area contributed by atoms with Gasteiger partial charge in [0.1, 0.15) is 5.75 Å². The van der Waals surface area contributed by atoms with Gasteiger partial charge in [0, 0.05) is 19.3 Å². The molecule has 138 valence electrons. The standard InChI is InChI=1S/C21H27N3O2/c1-16(2)26-20-10-6-5-9-19(20)23-18-13-17(14-22-15-18)21(25)24-11-7-3-4-8-12-24/h5-6,9-10,13-16,23H,3-4,7-8,11-12H2,1-2H3. The lowest BCUT2D eigenvalue weighted by atomic mass is 10.2. The Kier molecular flexibility index (Phi) is 6.10. The first kappa shape index (κ1) is 18.2. The second-order valence-corrected chi connectivity index (χ2v) is 6.96. The second-order valence-electron chi connectivity index (χ2n) is 6.96. The van der Waals surface area contributed by atoms with Crippen LogP contribution in [0.4, 0.5) is 11.4 Å². The summed E-state index contributed by atoms with van der Waals surface area (Å²) in [4.78, 5) is 19.0. The largest absolute Gasteiger partial charge is 0.489 e. The van der Waals surface area contributed by atoms with Crippen molar-refractivity contribution in [2.75, 3.05) is 18.4 Å². The van der Waals surface area contributed by atoms with Crippen LogP contribution in [0, 0.1) is 0 Å². The third-order valence-electron chi connectivity index (χ3n) is 4.41. The Hall–Kier alpha value is -2.56. The first-order valence-electron chi connectivity index (χ1n) is 9.40. The fourth-order valence-corrected chi connectivity index (χ4v) is 3.16. The highest BCUT2D eigenvalue weighted by atomic mass is 16.5. The molecule has 5 heteroatoms. The fourth-order valence-electron chi connectivity index (χ4n) is 3.16. The van der Waals surface area contributed by atoms with Gasteiger partial charge in [0.05, 0.1) is 29.2 Å². The molecule has 0 radical (unpaired) electrons. The van der Waals surface area contributed by atoms with E-state index in [-0.39, 0.29) is 12.0 Å². The number of carbonyl (C=O) groups excluding carboxylic acids is 1. The van der Waals surface area contributed by atoms with Crippen molar-refractivity contribution in [3.05, 3.63) is 48.3 Å². The molecule has 3 rings (SSSR count). The monoisotopic (exact) mass is 353 g/mol. The number of hydrogen-bond acceptors (Lipinski definition) is 4. The van der Waals surface area contributed by atoms with Crippen LogP contribution in [0.1, 0.15) is 49.9 Å². The molecule has 1 N–H and O–H groups in total. The van der Waals surface area contributed by atoms with Crippen LogP contribution in [-0.2, 0) is 0 Å². The van der Waals surface area contributed by atoms with Crippen molar-refractivity contribution in [1.29, 1.82) is 0 Å². The zero-order valence-corrected chi connectivity index (χ0v) is 15.6. The van der Waals surface area contributed by atoms with Crippen LogP contribution in [0.5, 0.6) is 5.75 Å². The Labute approximate surface area is 155 Å². The van der Waals surface area contributed by atoms with Gasteiger partial charge < -0.3 is 15.0 Å². The number of anilines is 2. The highest BCUT2D eigenvalue weighted by Gasteiger charge is 2.18. The van der Waals surface area contributed by atoms with Crippen LogP contribution in [0.2, 0.25) is 0 Å². The lowest BCUT2D eigenvalue weighted by Crippen LogP contribution is -2.31. The summed E-state index contributed by atoms with van der Waals surface area (Å²) >= 11 is 0. The van der Waals surface area contributed by atoms with Crippen LogP contribution in [0.3, 0.4) is 0 Å². The number of hydrogen-bond donors (Lipinski definition) is 1. The Morgan fingerprint density at radius 3 is 2.58 bits per heavy atom. The van der Waals surface area contributed by atoms with Gasteiger partial charge in [-0.05, 0) is 44.9 Å². The molecule has 0 saturated carbocycles. The summed E-state index contributed by atoms with van der Waals surface area (Å²) in [5.41, 5.74) is 2.27. The van der Waals surface area contributed by atoms with Gasteiger partial charge in [-0.2, -0.15) is 0 Å². The Bertz CT molecular complexity index is 738. The summed E-state index contributed by atoms with van der Waals surface area (Å²) in [6.45, 7) is 5.67. The quantitative estimate of drug-likeness (QED) is 0.851. The van der Waals surface area contributed by atoms with E-state index in [1.54, 1.807) is 12.4 Å². The maximum atomic E-state index is 12.8. The van der Waals surface area contributed by atoms with E-state index in [0.717, 1.165) is 43.1 Å². The molecule has 2 aromatic rings. The van der Waals surface area contributed by atoms with E-state index < -0.39 is 0 Å². The fraction of sp³-hybridized carbons (Fsp3) is 0.429. The molecule has 1 saturated heterocycles. The zero-order valence-electron chi connectivity index (χ0n) is 15.6. The number of nitrogens with one attached hydrogen (secondary N) is 1. The van der Waals surface area contributed by atoms with Gasteiger partial charge in [-0.1, -0.05) is 25.0 Å². The topological polar surface area (TPSA) is 54.5 Å². The molecule has 0 atom stereocenters. The van der Waals surface area contributed by atoms with Gasteiger partial charge in [-0.15, -0.1) is 0 Å². The molecule has 1 aromatic heterocycles. The molecule has 0 bridgehead atoms. The van der Waals surface area contributed by atoms with Gasteiger partial charge in [0.25, 0.3) is 5.91 Å². The van der Waals surface area contributed by atoms with E-state index in [4.69, 9.17) is 4.74 Å². The number of benzene rings is 1. The molecule has 5 nitrogen and oxygen atoms in total. The van der Waals surface area contributed by atoms with Crippen molar-refractivity contribution in [2.45, 2.75) is 45.6 Å². The summed E-state index contributed by atoms with van der Waals surface area (Å²) in [5, 5.41) is 3.33. The predicted octanol–water partition coefficient (Wildman–Crippen LogP) is 4.63. The first-order chi connectivity index (χ1) is 12.6. The van der Waals surface area contributed by atoms with Gasteiger partial charge in [0.15, 0.2) is 0 Å². The zero-order chi connectivity index (χ0) is 18.4. The number of likely N-dealkylation sites (tertiary alicyclic amines) is 1. The normalized spacial score (nSPS) is 14.8. The van der Waals surface area contributed by atoms with E-state index >= 15 is 0 Å². The van der Waals surface area contributed by atoms with E-state index in [1.165, 1.54) is 12.8 Å². The van der Waals surface area contributed by atoms with Crippen molar-refractivity contribution in [2.24, 2.45) is 0 Å². The molecule has 1 fully saturated rings. The van der Waals surface area contributed by atoms with Crippen LogP contribution in [0.15, 0.2) is 42.7 Å². The third-order valence-corrected chi connectivity index (χ3v) is 4.41. The minimum Gasteiger partial charge on any atom is -0.489 e. The molecule has 1 amide bonds. The second kappa shape index (κ2) is 8.70. The van der Waals surface area contributed by atoms with Gasteiger partial charge in [-0.3, -0.25) is 9.78 Å². The summed E-state index contributed by atoms with van der Waals surface area (Å²) in [7, 11) is 0. The molecule has 1 aliphatic heterocycles. The minimum absolute atomic E-state index is 0.0646. The maximum Gasteiger partial charge on any atom is 0.255 e. The summed E-state index contributed by atoms with van der Waals surface area (Å²) in [6, 6.07) is 9.66.